The third kappa shape index (κ3) is 2.51. The highest BCUT2D eigenvalue weighted by molar-refractivity contribution is 6.08. The molecule has 23 heavy (non-hydrogen) atoms. The minimum Gasteiger partial charge on any atom is -0.320 e. The van der Waals surface area contributed by atoms with E-state index in [-0.39, 0.29) is 5.91 Å². The van der Waals surface area contributed by atoms with Crippen molar-refractivity contribution in [1.29, 1.82) is 0 Å². The van der Waals surface area contributed by atoms with Gasteiger partial charge in [0.2, 0.25) is 0 Å². The van der Waals surface area contributed by atoms with Gasteiger partial charge >= 0.3 is 0 Å². The lowest BCUT2D eigenvalue weighted by Gasteiger charge is -2.08. The molecule has 0 aliphatic carbocycles. The molecule has 2 aromatic carbocycles. The highest BCUT2D eigenvalue weighted by Gasteiger charge is 2.10. The first-order chi connectivity index (χ1) is 11.3. The second-order valence-electron chi connectivity index (χ2n) is 5.22. The highest BCUT2D eigenvalue weighted by Crippen LogP contribution is 2.22. The van der Waals surface area contributed by atoms with E-state index in [1.807, 2.05) is 60.7 Å². The zero-order chi connectivity index (χ0) is 15.6. The molecule has 0 atom stereocenters. The SMILES string of the molecule is O=C(Nc1cccc2ncccc12)c1ccc2ccccc2n1. The third-order valence-corrected chi connectivity index (χ3v) is 3.72. The number of para-hydroxylation sites is 1. The molecule has 0 bridgehead atoms. The van der Waals surface area contributed by atoms with Crippen LogP contribution in [-0.2, 0) is 0 Å². The molecular formula is C19H13N3O. The Morgan fingerprint density at radius 2 is 1.70 bits per heavy atom. The number of carbonyl (C=O) groups is 1. The predicted octanol–water partition coefficient (Wildman–Crippen LogP) is 4.04. The fourth-order valence-corrected chi connectivity index (χ4v) is 2.59. The number of amides is 1. The van der Waals surface area contributed by atoms with E-state index >= 15 is 0 Å². The first-order valence-corrected chi connectivity index (χ1v) is 7.32. The minimum absolute atomic E-state index is 0.230. The minimum atomic E-state index is -0.230. The van der Waals surface area contributed by atoms with Gasteiger partial charge in [0.25, 0.3) is 5.91 Å². The fraction of sp³-hybridized carbons (Fsp3) is 0. The Balaban J connectivity index is 1.70. The Morgan fingerprint density at radius 3 is 2.65 bits per heavy atom. The highest BCUT2D eigenvalue weighted by atomic mass is 16.1. The summed E-state index contributed by atoms with van der Waals surface area (Å²) < 4.78 is 0. The number of fused-ring (bicyclic) bond motifs is 2. The summed E-state index contributed by atoms with van der Waals surface area (Å²) in [5.74, 6) is -0.230. The van der Waals surface area contributed by atoms with Crippen LogP contribution in [0.25, 0.3) is 21.8 Å². The van der Waals surface area contributed by atoms with E-state index in [4.69, 9.17) is 0 Å². The predicted molar refractivity (Wildman–Crippen MR) is 91.4 cm³/mol. The molecule has 1 amide bonds. The molecule has 1 N–H and O–H groups in total. The number of nitrogens with one attached hydrogen (secondary N) is 1. The van der Waals surface area contributed by atoms with Gasteiger partial charge in [-0.15, -0.1) is 0 Å². The molecule has 0 radical (unpaired) electrons. The van der Waals surface area contributed by atoms with E-state index in [9.17, 15) is 4.79 Å². The molecule has 0 saturated carbocycles. The Hall–Kier alpha value is -3.27. The molecule has 4 heteroatoms. The van der Waals surface area contributed by atoms with Crippen LogP contribution in [0.1, 0.15) is 10.5 Å². The number of benzene rings is 2. The second kappa shape index (κ2) is 5.50. The van der Waals surface area contributed by atoms with Gasteiger partial charge in [-0.25, -0.2) is 4.98 Å². The molecule has 2 heterocycles. The van der Waals surface area contributed by atoms with Crippen molar-refractivity contribution in [3.8, 4) is 0 Å². The van der Waals surface area contributed by atoms with Crippen molar-refractivity contribution >= 4 is 33.4 Å². The summed E-state index contributed by atoms with van der Waals surface area (Å²) in [6, 6.07) is 20.8. The van der Waals surface area contributed by atoms with Crippen molar-refractivity contribution < 1.29 is 4.79 Å². The molecule has 0 aliphatic rings. The van der Waals surface area contributed by atoms with Crippen LogP contribution in [0.4, 0.5) is 5.69 Å². The van der Waals surface area contributed by atoms with Crippen molar-refractivity contribution in [2.75, 3.05) is 5.32 Å². The molecule has 4 rings (SSSR count). The van der Waals surface area contributed by atoms with E-state index in [2.05, 4.69) is 15.3 Å². The monoisotopic (exact) mass is 299 g/mol. The number of hydrogen-bond acceptors (Lipinski definition) is 3. The Labute approximate surface area is 132 Å². The van der Waals surface area contributed by atoms with Crippen LogP contribution in [0.5, 0.6) is 0 Å². The van der Waals surface area contributed by atoms with E-state index < -0.39 is 0 Å². The van der Waals surface area contributed by atoms with Crippen molar-refractivity contribution in [3.05, 3.63) is 78.6 Å². The molecule has 0 spiro atoms. The Kier molecular flexibility index (Phi) is 3.20. The van der Waals surface area contributed by atoms with Crippen molar-refractivity contribution in [2.45, 2.75) is 0 Å². The normalized spacial score (nSPS) is 10.8. The van der Waals surface area contributed by atoms with Crippen LogP contribution >= 0.6 is 0 Å². The Morgan fingerprint density at radius 1 is 0.826 bits per heavy atom. The van der Waals surface area contributed by atoms with Gasteiger partial charge in [0, 0.05) is 17.0 Å². The van der Waals surface area contributed by atoms with Crippen LogP contribution < -0.4 is 5.32 Å². The maximum atomic E-state index is 12.5. The number of nitrogens with zero attached hydrogens (tertiary/aromatic N) is 2. The summed E-state index contributed by atoms with van der Waals surface area (Å²) in [7, 11) is 0. The maximum Gasteiger partial charge on any atom is 0.274 e. The van der Waals surface area contributed by atoms with Crippen LogP contribution in [0.15, 0.2) is 72.9 Å². The average molecular weight is 299 g/mol. The second-order valence-corrected chi connectivity index (χ2v) is 5.22. The maximum absolute atomic E-state index is 12.5. The van der Waals surface area contributed by atoms with Gasteiger partial charge in [-0.3, -0.25) is 9.78 Å². The molecule has 4 aromatic rings. The molecule has 0 unspecified atom stereocenters. The summed E-state index contributed by atoms with van der Waals surface area (Å²) in [6.07, 6.45) is 1.73. The first-order valence-electron chi connectivity index (χ1n) is 7.32. The topological polar surface area (TPSA) is 54.9 Å². The Bertz CT molecular complexity index is 1020. The van der Waals surface area contributed by atoms with Gasteiger partial charge in [-0.05, 0) is 36.4 Å². The standard InChI is InChI=1S/C19H13N3O/c23-19(18-11-10-13-5-1-2-7-15(13)21-18)22-17-9-3-8-16-14(17)6-4-12-20-16/h1-12H,(H,22,23). The van der Waals surface area contributed by atoms with Gasteiger partial charge in [0.15, 0.2) is 0 Å². The van der Waals surface area contributed by atoms with Crippen molar-refractivity contribution in [2.24, 2.45) is 0 Å². The largest absolute Gasteiger partial charge is 0.320 e. The molecule has 2 aromatic heterocycles. The van der Waals surface area contributed by atoms with Gasteiger partial charge < -0.3 is 5.32 Å². The van der Waals surface area contributed by atoms with Gasteiger partial charge in [-0.2, -0.15) is 0 Å². The van der Waals surface area contributed by atoms with Crippen LogP contribution in [-0.4, -0.2) is 15.9 Å². The zero-order valence-corrected chi connectivity index (χ0v) is 12.2. The zero-order valence-electron chi connectivity index (χ0n) is 12.2. The lowest BCUT2D eigenvalue weighted by Crippen LogP contribution is -2.13. The molecule has 0 aliphatic heterocycles. The number of anilines is 1. The van der Waals surface area contributed by atoms with Gasteiger partial charge in [0.1, 0.15) is 5.69 Å². The average Bonchev–Trinajstić information content (AvgIpc) is 2.61. The van der Waals surface area contributed by atoms with Crippen LogP contribution in [0.3, 0.4) is 0 Å². The number of rotatable bonds is 2. The van der Waals surface area contributed by atoms with Crippen LogP contribution in [0.2, 0.25) is 0 Å². The summed E-state index contributed by atoms with van der Waals surface area (Å²) in [5, 5.41) is 4.84. The smallest absolute Gasteiger partial charge is 0.274 e. The summed E-state index contributed by atoms with van der Waals surface area (Å²) >= 11 is 0. The third-order valence-electron chi connectivity index (χ3n) is 3.72. The number of hydrogen-bond donors (Lipinski definition) is 1. The fourth-order valence-electron chi connectivity index (χ4n) is 2.59. The quantitative estimate of drug-likeness (QED) is 0.608. The van der Waals surface area contributed by atoms with Gasteiger partial charge in [-0.1, -0.05) is 30.3 Å². The molecule has 4 nitrogen and oxygen atoms in total. The number of aromatic nitrogens is 2. The van der Waals surface area contributed by atoms with Crippen LogP contribution in [0, 0.1) is 0 Å². The van der Waals surface area contributed by atoms with Gasteiger partial charge in [0.05, 0.1) is 16.7 Å². The summed E-state index contributed by atoms with van der Waals surface area (Å²) in [6.45, 7) is 0. The molecule has 110 valence electrons. The lowest BCUT2D eigenvalue weighted by molar-refractivity contribution is 0.102. The first kappa shape index (κ1) is 13.4. The van der Waals surface area contributed by atoms with Crippen molar-refractivity contribution in [1.82, 2.24) is 9.97 Å². The molecule has 0 saturated heterocycles. The lowest BCUT2D eigenvalue weighted by atomic mass is 10.1. The molecule has 0 fully saturated rings. The summed E-state index contributed by atoms with van der Waals surface area (Å²) in [5.41, 5.74) is 2.77. The molecular weight excluding hydrogens is 286 g/mol. The van der Waals surface area contributed by atoms with E-state index in [1.165, 1.54) is 0 Å². The van der Waals surface area contributed by atoms with Crippen molar-refractivity contribution in [3.63, 3.8) is 0 Å². The van der Waals surface area contributed by atoms with E-state index in [1.54, 1.807) is 12.3 Å². The number of pyridine rings is 2. The van der Waals surface area contributed by atoms with E-state index in [0.29, 0.717) is 5.69 Å². The number of carbonyl (C=O) groups excluding carboxylic acids is 1. The van der Waals surface area contributed by atoms with E-state index in [0.717, 1.165) is 27.5 Å². The summed E-state index contributed by atoms with van der Waals surface area (Å²) in [4.78, 5) is 21.2.